The zero-order chi connectivity index (χ0) is 17.6. The molecule has 25 heavy (non-hydrogen) atoms. The third kappa shape index (κ3) is 3.03. The predicted molar refractivity (Wildman–Crippen MR) is 93.4 cm³/mol. The van der Waals surface area contributed by atoms with E-state index in [9.17, 15) is 9.50 Å². The molecule has 1 aliphatic rings. The van der Waals surface area contributed by atoms with Crippen molar-refractivity contribution in [3.8, 4) is 0 Å². The SMILES string of the molecule is Cc1nn(C)c2ncc(CN3C[C@@H](O)C[C@@H]3c3ccc(F)cc3)cc12. The summed E-state index contributed by atoms with van der Waals surface area (Å²) >= 11 is 0. The summed E-state index contributed by atoms with van der Waals surface area (Å²) < 4.78 is 15.0. The first-order valence-corrected chi connectivity index (χ1v) is 8.47. The van der Waals surface area contributed by atoms with Gasteiger partial charge in [-0.3, -0.25) is 9.58 Å². The number of nitrogens with zero attached hydrogens (tertiary/aromatic N) is 4. The minimum atomic E-state index is -0.369. The summed E-state index contributed by atoms with van der Waals surface area (Å²) in [6.45, 7) is 3.28. The maximum Gasteiger partial charge on any atom is 0.157 e. The molecule has 1 N–H and O–H groups in total. The van der Waals surface area contributed by atoms with Gasteiger partial charge in [-0.05, 0) is 42.7 Å². The highest BCUT2D eigenvalue weighted by atomic mass is 19.1. The molecule has 2 aromatic heterocycles. The molecule has 1 aliphatic heterocycles. The summed E-state index contributed by atoms with van der Waals surface area (Å²) in [6.07, 6.45) is 2.16. The van der Waals surface area contributed by atoms with Crippen molar-refractivity contribution in [3.05, 3.63) is 59.2 Å². The number of hydrogen-bond donors (Lipinski definition) is 1. The van der Waals surface area contributed by atoms with Crippen LogP contribution in [0.2, 0.25) is 0 Å². The molecule has 6 heteroatoms. The molecule has 0 bridgehead atoms. The number of benzene rings is 1. The van der Waals surface area contributed by atoms with Gasteiger partial charge in [-0.2, -0.15) is 5.10 Å². The van der Waals surface area contributed by atoms with Gasteiger partial charge in [0.1, 0.15) is 5.82 Å². The highest BCUT2D eigenvalue weighted by molar-refractivity contribution is 5.78. The number of hydrogen-bond acceptors (Lipinski definition) is 4. The maximum absolute atomic E-state index is 13.2. The van der Waals surface area contributed by atoms with Gasteiger partial charge in [0.15, 0.2) is 5.65 Å². The van der Waals surface area contributed by atoms with E-state index in [0.717, 1.165) is 27.9 Å². The van der Waals surface area contributed by atoms with Crippen LogP contribution in [-0.2, 0) is 13.6 Å². The fourth-order valence-corrected chi connectivity index (χ4v) is 3.76. The first kappa shape index (κ1) is 16.2. The smallest absolute Gasteiger partial charge is 0.157 e. The average Bonchev–Trinajstić information content (AvgIpc) is 3.08. The molecule has 0 spiro atoms. The van der Waals surface area contributed by atoms with E-state index < -0.39 is 0 Å². The lowest BCUT2D eigenvalue weighted by molar-refractivity contribution is 0.172. The van der Waals surface area contributed by atoms with Crippen LogP contribution in [0.4, 0.5) is 4.39 Å². The van der Waals surface area contributed by atoms with Gasteiger partial charge < -0.3 is 5.11 Å². The molecule has 3 heterocycles. The Morgan fingerprint density at radius 3 is 2.80 bits per heavy atom. The summed E-state index contributed by atoms with van der Waals surface area (Å²) in [5.74, 6) is -0.240. The number of aliphatic hydroxyl groups is 1. The second-order valence-corrected chi connectivity index (χ2v) is 6.81. The molecule has 2 atom stereocenters. The van der Waals surface area contributed by atoms with Crippen LogP contribution >= 0.6 is 0 Å². The van der Waals surface area contributed by atoms with Crippen LogP contribution in [0, 0.1) is 12.7 Å². The standard InChI is InChI=1S/C19H21FN4O/c1-12-17-7-13(9-21-19(17)23(2)22-12)10-24-11-16(25)8-18(24)14-3-5-15(20)6-4-14/h3-7,9,16,18,25H,8,10-11H2,1-2H3/t16-,18+/m0/s1. The lowest BCUT2D eigenvalue weighted by Crippen LogP contribution is -2.24. The Balaban J connectivity index is 1.62. The van der Waals surface area contributed by atoms with Crippen molar-refractivity contribution in [2.24, 2.45) is 7.05 Å². The Hall–Kier alpha value is -2.31. The van der Waals surface area contributed by atoms with Crippen LogP contribution < -0.4 is 0 Å². The van der Waals surface area contributed by atoms with Gasteiger partial charge in [0.05, 0.1) is 11.8 Å². The van der Waals surface area contributed by atoms with E-state index in [4.69, 9.17) is 0 Å². The van der Waals surface area contributed by atoms with Crippen LogP contribution in [0.3, 0.4) is 0 Å². The van der Waals surface area contributed by atoms with Crippen LogP contribution in [0.1, 0.15) is 29.3 Å². The van der Waals surface area contributed by atoms with Gasteiger partial charge in [-0.1, -0.05) is 12.1 Å². The minimum absolute atomic E-state index is 0.0845. The molecule has 3 aromatic rings. The van der Waals surface area contributed by atoms with E-state index in [1.807, 2.05) is 20.2 Å². The molecule has 1 saturated heterocycles. The predicted octanol–water partition coefficient (Wildman–Crippen LogP) is 2.72. The number of β-amino-alcohol motifs (C(OH)–C–C–N with tert-alkyl or cyclic N) is 1. The largest absolute Gasteiger partial charge is 0.392 e. The Bertz CT molecular complexity index is 906. The molecule has 1 fully saturated rings. The zero-order valence-electron chi connectivity index (χ0n) is 14.4. The van der Waals surface area contributed by atoms with Crippen LogP contribution in [0.15, 0.2) is 36.5 Å². The molecular weight excluding hydrogens is 319 g/mol. The Kier molecular flexibility index (Phi) is 4.01. The number of pyridine rings is 1. The number of aromatic nitrogens is 3. The van der Waals surface area contributed by atoms with Gasteiger partial charge in [0.2, 0.25) is 0 Å². The van der Waals surface area contributed by atoms with Crippen LogP contribution in [-0.4, -0.2) is 37.4 Å². The summed E-state index contributed by atoms with van der Waals surface area (Å²) in [6, 6.07) is 8.77. The van der Waals surface area contributed by atoms with Gasteiger partial charge >= 0.3 is 0 Å². The van der Waals surface area contributed by atoms with Crippen molar-refractivity contribution in [3.63, 3.8) is 0 Å². The minimum Gasteiger partial charge on any atom is -0.392 e. The molecule has 4 rings (SSSR count). The highest BCUT2D eigenvalue weighted by Crippen LogP contribution is 2.33. The maximum atomic E-state index is 13.2. The Labute approximate surface area is 145 Å². The zero-order valence-corrected chi connectivity index (χ0v) is 14.4. The van der Waals surface area contributed by atoms with Gasteiger partial charge in [-0.15, -0.1) is 0 Å². The first-order valence-electron chi connectivity index (χ1n) is 8.47. The molecule has 0 radical (unpaired) electrons. The normalized spacial score (nSPS) is 21.3. The molecule has 1 aromatic carbocycles. The Morgan fingerprint density at radius 1 is 1.28 bits per heavy atom. The lowest BCUT2D eigenvalue weighted by Gasteiger charge is -2.24. The molecule has 0 saturated carbocycles. The van der Waals surface area contributed by atoms with E-state index >= 15 is 0 Å². The number of fused-ring (bicyclic) bond motifs is 1. The van der Waals surface area contributed by atoms with Crippen molar-refractivity contribution < 1.29 is 9.50 Å². The fourth-order valence-electron chi connectivity index (χ4n) is 3.76. The number of aryl methyl sites for hydroxylation is 2. The molecule has 0 unspecified atom stereocenters. The monoisotopic (exact) mass is 340 g/mol. The van der Waals surface area contributed by atoms with Crippen molar-refractivity contribution in [2.45, 2.75) is 32.0 Å². The summed E-state index contributed by atoms with van der Waals surface area (Å²) in [5, 5.41) is 15.6. The molecule has 0 amide bonds. The van der Waals surface area contributed by atoms with E-state index in [-0.39, 0.29) is 18.0 Å². The number of likely N-dealkylation sites (tertiary alicyclic amines) is 1. The van der Waals surface area contributed by atoms with Crippen molar-refractivity contribution in [2.75, 3.05) is 6.54 Å². The highest BCUT2D eigenvalue weighted by Gasteiger charge is 2.32. The molecule has 130 valence electrons. The van der Waals surface area contributed by atoms with E-state index in [2.05, 4.69) is 21.0 Å². The third-order valence-corrected chi connectivity index (χ3v) is 4.94. The molecule has 0 aliphatic carbocycles. The topological polar surface area (TPSA) is 54.2 Å². The van der Waals surface area contributed by atoms with Gasteiger partial charge in [0, 0.05) is 37.8 Å². The lowest BCUT2D eigenvalue weighted by atomic mass is 10.0. The molecule has 5 nitrogen and oxygen atoms in total. The third-order valence-electron chi connectivity index (χ3n) is 4.94. The summed E-state index contributed by atoms with van der Waals surface area (Å²) in [7, 11) is 1.89. The van der Waals surface area contributed by atoms with Crippen LogP contribution in [0.5, 0.6) is 0 Å². The number of halogens is 1. The number of aliphatic hydroxyl groups excluding tert-OH is 1. The van der Waals surface area contributed by atoms with Crippen molar-refractivity contribution >= 4 is 11.0 Å². The summed E-state index contributed by atoms with van der Waals surface area (Å²) in [5.41, 5.74) is 3.95. The Morgan fingerprint density at radius 2 is 2.04 bits per heavy atom. The van der Waals surface area contributed by atoms with Crippen LogP contribution in [0.25, 0.3) is 11.0 Å². The van der Waals surface area contributed by atoms with Gasteiger partial charge in [0.25, 0.3) is 0 Å². The van der Waals surface area contributed by atoms with Crippen molar-refractivity contribution in [1.29, 1.82) is 0 Å². The second-order valence-electron chi connectivity index (χ2n) is 6.81. The quantitative estimate of drug-likeness (QED) is 0.796. The molecular formula is C19H21FN4O. The van der Waals surface area contributed by atoms with E-state index in [1.165, 1.54) is 12.1 Å². The van der Waals surface area contributed by atoms with E-state index in [1.54, 1.807) is 16.8 Å². The average molecular weight is 340 g/mol. The van der Waals surface area contributed by atoms with Crippen molar-refractivity contribution in [1.82, 2.24) is 19.7 Å². The fraction of sp³-hybridized carbons (Fsp3) is 0.368. The first-order chi connectivity index (χ1) is 12.0. The number of rotatable bonds is 3. The second kappa shape index (κ2) is 6.20. The van der Waals surface area contributed by atoms with Gasteiger partial charge in [-0.25, -0.2) is 9.37 Å². The summed E-state index contributed by atoms with van der Waals surface area (Å²) in [4.78, 5) is 6.76. The van der Waals surface area contributed by atoms with E-state index in [0.29, 0.717) is 19.5 Å².